The topological polar surface area (TPSA) is 44.1 Å². The van der Waals surface area contributed by atoms with Crippen LogP contribution in [0.1, 0.15) is 5.56 Å². The molecule has 0 fully saturated rings. The van der Waals surface area contributed by atoms with Crippen molar-refractivity contribution in [2.45, 2.75) is 6.54 Å². The summed E-state index contributed by atoms with van der Waals surface area (Å²) in [5.41, 5.74) is 0.321. The smallest absolute Gasteiger partial charge is 0.347 e. The van der Waals surface area contributed by atoms with Crippen molar-refractivity contribution in [1.29, 1.82) is 0 Å². The van der Waals surface area contributed by atoms with Crippen LogP contribution in [0.2, 0.25) is 0 Å². The molecule has 5 heteroatoms. The number of methoxy groups -OCH3 is 1. The quantitative estimate of drug-likeness (QED) is 0.807. The largest absolute Gasteiger partial charge is 0.494 e. The Hall–Kier alpha value is -2.17. The highest BCUT2D eigenvalue weighted by Crippen LogP contribution is 2.17. The van der Waals surface area contributed by atoms with Crippen molar-refractivity contribution in [3.8, 4) is 5.75 Å². The normalized spacial score (nSPS) is 10.2. The predicted molar refractivity (Wildman–Crippen MR) is 60.6 cm³/mol. The van der Waals surface area contributed by atoms with E-state index in [1.165, 1.54) is 30.0 Å². The van der Waals surface area contributed by atoms with Gasteiger partial charge < -0.3 is 4.74 Å². The molecule has 0 aliphatic rings. The predicted octanol–water partition coefficient (Wildman–Crippen LogP) is 1.44. The maximum Gasteiger partial charge on any atom is 0.347 e. The standard InChI is InChI=1S/C12H11FN2O2/c1-17-11-4-3-9(7-10(11)13)8-15-6-2-5-14-12(15)16/h2-7H,8H2,1H3. The molecule has 0 bridgehead atoms. The van der Waals surface area contributed by atoms with Crippen molar-refractivity contribution in [3.63, 3.8) is 0 Å². The summed E-state index contributed by atoms with van der Waals surface area (Å²) in [6, 6.07) is 6.24. The van der Waals surface area contributed by atoms with Crippen molar-refractivity contribution in [3.05, 3.63) is 58.5 Å². The number of ether oxygens (including phenoxy) is 1. The first-order valence-electron chi connectivity index (χ1n) is 5.04. The van der Waals surface area contributed by atoms with Crippen LogP contribution in [-0.2, 0) is 6.54 Å². The second-order valence-electron chi connectivity index (χ2n) is 3.50. The monoisotopic (exact) mass is 234 g/mol. The van der Waals surface area contributed by atoms with Crippen LogP contribution < -0.4 is 10.4 Å². The molecule has 2 rings (SSSR count). The average Bonchev–Trinajstić information content (AvgIpc) is 2.32. The van der Waals surface area contributed by atoms with Crippen LogP contribution >= 0.6 is 0 Å². The molecule has 88 valence electrons. The number of halogens is 1. The molecule has 0 amide bonds. The van der Waals surface area contributed by atoms with Crippen molar-refractivity contribution in [2.24, 2.45) is 0 Å². The van der Waals surface area contributed by atoms with Crippen LogP contribution in [-0.4, -0.2) is 16.7 Å². The number of hydrogen-bond acceptors (Lipinski definition) is 3. The number of rotatable bonds is 3. The fourth-order valence-electron chi connectivity index (χ4n) is 1.51. The van der Waals surface area contributed by atoms with Gasteiger partial charge in [0.25, 0.3) is 0 Å². The molecular weight excluding hydrogens is 223 g/mol. The van der Waals surface area contributed by atoms with Crippen molar-refractivity contribution >= 4 is 0 Å². The Balaban J connectivity index is 2.28. The molecule has 1 heterocycles. The molecule has 0 aliphatic heterocycles. The Kier molecular flexibility index (Phi) is 3.18. The first-order valence-corrected chi connectivity index (χ1v) is 5.04. The molecule has 0 aliphatic carbocycles. The average molecular weight is 234 g/mol. The van der Waals surface area contributed by atoms with Crippen LogP contribution in [0.15, 0.2) is 41.5 Å². The van der Waals surface area contributed by atoms with E-state index in [9.17, 15) is 9.18 Å². The first-order chi connectivity index (χ1) is 8.20. The van der Waals surface area contributed by atoms with Crippen molar-refractivity contribution < 1.29 is 9.13 Å². The fourth-order valence-corrected chi connectivity index (χ4v) is 1.51. The molecule has 1 aromatic heterocycles. The lowest BCUT2D eigenvalue weighted by Crippen LogP contribution is -2.21. The maximum absolute atomic E-state index is 13.4. The van der Waals surface area contributed by atoms with Gasteiger partial charge in [-0.3, -0.25) is 4.57 Å². The van der Waals surface area contributed by atoms with Gasteiger partial charge in [-0.2, -0.15) is 0 Å². The highest BCUT2D eigenvalue weighted by molar-refractivity contribution is 5.29. The number of aromatic nitrogens is 2. The van der Waals surface area contributed by atoms with Crippen LogP contribution in [0, 0.1) is 5.82 Å². The molecule has 0 radical (unpaired) electrons. The van der Waals surface area contributed by atoms with E-state index in [0.29, 0.717) is 5.56 Å². The van der Waals surface area contributed by atoms with Gasteiger partial charge in [0.1, 0.15) is 0 Å². The molecule has 1 aromatic carbocycles. The Morgan fingerprint density at radius 1 is 1.47 bits per heavy atom. The zero-order valence-electron chi connectivity index (χ0n) is 9.26. The van der Waals surface area contributed by atoms with Gasteiger partial charge >= 0.3 is 5.69 Å². The van der Waals surface area contributed by atoms with E-state index in [4.69, 9.17) is 4.74 Å². The molecular formula is C12H11FN2O2. The van der Waals surface area contributed by atoms with E-state index in [0.717, 1.165) is 0 Å². The van der Waals surface area contributed by atoms with Gasteiger partial charge in [-0.25, -0.2) is 14.2 Å². The zero-order chi connectivity index (χ0) is 12.3. The summed E-state index contributed by atoms with van der Waals surface area (Å²) in [5, 5.41) is 0. The highest BCUT2D eigenvalue weighted by atomic mass is 19.1. The molecule has 0 saturated carbocycles. The van der Waals surface area contributed by atoms with Crippen LogP contribution in [0.4, 0.5) is 4.39 Å². The van der Waals surface area contributed by atoms with Gasteiger partial charge in [0.15, 0.2) is 11.6 Å². The van der Waals surface area contributed by atoms with E-state index >= 15 is 0 Å². The minimum absolute atomic E-state index is 0.187. The lowest BCUT2D eigenvalue weighted by molar-refractivity contribution is 0.386. The molecule has 0 unspecified atom stereocenters. The maximum atomic E-state index is 13.4. The third kappa shape index (κ3) is 2.50. The molecule has 2 aromatic rings. The van der Waals surface area contributed by atoms with E-state index in [1.54, 1.807) is 18.3 Å². The van der Waals surface area contributed by atoms with Crippen molar-refractivity contribution in [2.75, 3.05) is 7.11 Å². The summed E-state index contributed by atoms with van der Waals surface area (Å²) in [6.45, 7) is 0.285. The van der Waals surface area contributed by atoms with Gasteiger partial charge in [-0.05, 0) is 23.8 Å². The van der Waals surface area contributed by atoms with Crippen LogP contribution in [0.5, 0.6) is 5.75 Å². The summed E-state index contributed by atoms with van der Waals surface area (Å²) < 4.78 is 19.6. The minimum atomic E-state index is -0.443. The van der Waals surface area contributed by atoms with Crippen molar-refractivity contribution in [1.82, 2.24) is 9.55 Å². The third-order valence-electron chi connectivity index (χ3n) is 2.35. The van der Waals surface area contributed by atoms with Gasteiger partial charge in [0.2, 0.25) is 0 Å². The van der Waals surface area contributed by atoms with E-state index < -0.39 is 5.82 Å². The van der Waals surface area contributed by atoms with Crippen LogP contribution in [0.25, 0.3) is 0 Å². The summed E-state index contributed by atoms with van der Waals surface area (Å²) in [7, 11) is 1.41. The van der Waals surface area contributed by atoms with E-state index in [2.05, 4.69) is 4.98 Å². The number of nitrogens with zero attached hydrogens (tertiary/aromatic N) is 2. The summed E-state index contributed by atoms with van der Waals surface area (Å²) in [5.74, 6) is -0.255. The molecule has 0 saturated heterocycles. The molecule has 0 N–H and O–H groups in total. The second kappa shape index (κ2) is 4.78. The Labute approximate surface area is 97.3 Å². The number of benzene rings is 1. The fraction of sp³-hybridized carbons (Fsp3) is 0.167. The minimum Gasteiger partial charge on any atom is -0.494 e. The molecule has 17 heavy (non-hydrogen) atoms. The van der Waals surface area contributed by atoms with Gasteiger partial charge in [0, 0.05) is 12.4 Å². The summed E-state index contributed by atoms with van der Waals surface area (Å²) >= 11 is 0. The Morgan fingerprint density at radius 2 is 2.29 bits per heavy atom. The van der Waals surface area contributed by atoms with Gasteiger partial charge in [-0.15, -0.1) is 0 Å². The first kappa shape index (κ1) is 11.3. The number of hydrogen-bond donors (Lipinski definition) is 0. The molecule has 0 spiro atoms. The summed E-state index contributed by atoms with van der Waals surface area (Å²) in [4.78, 5) is 15.0. The van der Waals surface area contributed by atoms with Gasteiger partial charge in [-0.1, -0.05) is 6.07 Å². The third-order valence-corrected chi connectivity index (χ3v) is 2.35. The van der Waals surface area contributed by atoms with Gasteiger partial charge in [0.05, 0.1) is 13.7 Å². The summed E-state index contributed by atoms with van der Waals surface area (Å²) in [6.07, 6.45) is 3.03. The zero-order valence-corrected chi connectivity index (χ0v) is 9.26. The highest BCUT2D eigenvalue weighted by Gasteiger charge is 2.04. The Morgan fingerprint density at radius 3 is 2.94 bits per heavy atom. The molecule has 4 nitrogen and oxygen atoms in total. The van der Waals surface area contributed by atoms with E-state index in [1.807, 2.05) is 0 Å². The van der Waals surface area contributed by atoms with Crippen LogP contribution in [0.3, 0.4) is 0 Å². The Bertz CT molecular complexity index is 581. The lowest BCUT2D eigenvalue weighted by atomic mass is 10.2. The molecule has 0 atom stereocenters. The second-order valence-corrected chi connectivity index (χ2v) is 3.50. The lowest BCUT2D eigenvalue weighted by Gasteiger charge is -2.06. The SMILES string of the molecule is COc1ccc(Cn2cccnc2=O)cc1F. The van der Waals surface area contributed by atoms with E-state index in [-0.39, 0.29) is 18.0 Å².